The molecule has 2 aliphatic carbocycles. The summed E-state index contributed by atoms with van der Waals surface area (Å²) >= 11 is 0. The summed E-state index contributed by atoms with van der Waals surface area (Å²) in [4.78, 5) is 0. The van der Waals surface area contributed by atoms with Crippen LogP contribution in [-0.4, -0.2) is 18.9 Å². The Morgan fingerprint density at radius 1 is 1.20 bits per heavy atom. The molecule has 2 unspecified atom stereocenters. The molecule has 2 heteroatoms. The second-order valence-corrected chi connectivity index (χ2v) is 6.19. The maximum Gasteiger partial charge on any atom is 0.119 e. The first-order valence-electron chi connectivity index (χ1n) is 6.61. The molecule has 3 aliphatic rings. The van der Waals surface area contributed by atoms with Crippen molar-refractivity contribution in [2.24, 2.45) is 11.3 Å². The third-order valence-corrected chi connectivity index (χ3v) is 4.81. The Hall–Kier alpha value is -0.0800. The van der Waals surface area contributed by atoms with Crippen molar-refractivity contribution in [1.29, 1.82) is 0 Å². The lowest BCUT2D eigenvalue weighted by atomic mass is 9.67. The summed E-state index contributed by atoms with van der Waals surface area (Å²) in [6, 6.07) is 0. The Morgan fingerprint density at radius 2 is 2.07 bits per heavy atom. The molecule has 2 saturated carbocycles. The summed E-state index contributed by atoms with van der Waals surface area (Å²) in [7, 11) is 0. The minimum atomic E-state index is 0.0680. The van der Waals surface area contributed by atoms with Gasteiger partial charge in [0.2, 0.25) is 0 Å². The molecule has 2 atom stereocenters. The molecule has 0 bridgehead atoms. The third-order valence-electron chi connectivity index (χ3n) is 4.81. The van der Waals surface area contributed by atoms with E-state index in [0.717, 1.165) is 12.5 Å². The van der Waals surface area contributed by atoms with Gasteiger partial charge in [-0.05, 0) is 38.0 Å². The average molecular weight is 209 g/mol. The van der Waals surface area contributed by atoms with E-state index in [-0.39, 0.29) is 5.72 Å². The van der Waals surface area contributed by atoms with E-state index >= 15 is 0 Å². The van der Waals surface area contributed by atoms with Crippen LogP contribution in [0.25, 0.3) is 0 Å². The van der Waals surface area contributed by atoms with Gasteiger partial charge in [0.05, 0.1) is 6.61 Å². The molecule has 2 spiro atoms. The van der Waals surface area contributed by atoms with Crippen LogP contribution in [0.1, 0.15) is 51.9 Å². The largest absolute Gasteiger partial charge is 0.360 e. The van der Waals surface area contributed by atoms with Crippen molar-refractivity contribution < 1.29 is 4.74 Å². The molecule has 86 valence electrons. The van der Waals surface area contributed by atoms with Crippen molar-refractivity contribution in [3.8, 4) is 0 Å². The van der Waals surface area contributed by atoms with E-state index < -0.39 is 0 Å². The fraction of sp³-hybridized carbons (Fsp3) is 1.00. The van der Waals surface area contributed by atoms with Crippen molar-refractivity contribution in [2.45, 2.75) is 57.6 Å². The number of hydrogen-bond donors (Lipinski definition) is 1. The first-order valence-corrected chi connectivity index (χ1v) is 6.61. The number of nitrogens with one attached hydrogen (secondary N) is 1. The van der Waals surface area contributed by atoms with E-state index in [1.54, 1.807) is 0 Å². The van der Waals surface area contributed by atoms with Crippen molar-refractivity contribution in [2.75, 3.05) is 13.2 Å². The monoisotopic (exact) mass is 209 g/mol. The Bertz CT molecular complexity index is 237. The van der Waals surface area contributed by atoms with Gasteiger partial charge < -0.3 is 4.74 Å². The highest BCUT2D eigenvalue weighted by molar-refractivity contribution is 4.97. The van der Waals surface area contributed by atoms with E-state index in [4.69, 9.17) is 4.74 Å². The molecule has 0 aromatic carbocycles. The molecule has 3 fully saturated rings. The quantitative estimate of drug-likeness (QED) is 0.662. The van der Waals surface area contributed by atoms with Gasteiger partial charge in [-0.2, -0.15) is 0 Å². The van der Waals surface area contributed by atoms with Gasteiger partial charge in [0.15, 0.2) is 0 Å². The predicted octanol–water partition coefficient (Wildman–Crippen LogP) is 2.68. The highest BCUT2D eigenvalue weighted by atomic mass is 16.5. The van der Waals surface area contributed by atoms with E-state index in [1.165, 1.54) is 51.5 Å². The maximum atomic E-state index is 6.22. The molecule has 3 rings (SSSR count). The standard InChI is InChI=1S/C13H23NO/c1-11-4-2-7-13(8-11)14-9-12(10-15-13)5-3-6-12/h11,14H,2-10H2,1H3. The van der Waals surface area contributed by atoms with Gasteiger partial charge in [-0.3, -0.25) is 5.32 Å². The number of ether oxygens (including phenoxy) is 1. The second-order valence-electron chi connectivity index (χ2n) is 6.19. The van der Waals surface area contributed by atoms with Gasteiger partial charge in [0, 0.05) is 12.0 Å². The SMILES string of the molecule is CC1CCCC2(C1)NCC1(CCC1)CO2. The van der Waals surface area contributed by atoms with Gasteiger partial charge in [0.1, 0.15) is 5.72 Å². The zero-order chi connectivity index (χ0) is 10.4. The number of hydrogen-bond acceptors (Lipinski definition) is 2. The van der Waals surface area contributed by atoms with Crippen LogP contribution in [0.15, 0.2) is 0 Å². The van der Waals surface area contributed by atoms with E-state index in [1.807, 2.05) is 0 Å². The topological polar surface area (TPSA) is 21.3 Å². The Morgan fingerprint density at radius 3 is 2.60 bits per heavy atom. The zero-order valence-electron chi connectivity index (χ0n) is 9.85. The third kappa shape index (κ3) is 1.72. The van der Waals surface area contributed by atoms with Crippen LogP contribution in [0, 0.1) is 11.3 Å². The Balaban J connectivity index is 1.64. The van der Waals surface area contributed by atoms with Crippen LogP contribution in [-0.2, 0) is 4.74 Å². The fourth-order valence-corrected chi connectivity index (χ4v) is 3.53. The fourth-order valence-electron chi connectivity index (χ4n) is 3.53. The van der Waals surface area contributed by atoms with Gasteiger partial charge in [-0.15, -0.1) is 0 Å². The minimum Gasteiger partial charge on any atom is -0.360 e. The molecule has 0 amide bonds. The summed E-state index contributed by atoms with van der Waals surface area (Å²) in [6.07, 6.45) is 9.35. The second kappa shape index (κ2) is 3.46. The molecule has 15 heavy (non-hydrogen) atoms. The lowest BCUT2D eigenvalue weighted by Gasteiger charge is -2.53. The molecule has 0 radical (unpaired) electrons. The summed E-state index contributed by atoms with van der Waals surface area (Å²) in [6.45, 7) is 4.59. The van der Waals surface area contributed by atoms with Crippen LogP contribution in [0.4, 0.5) is 0 Å². The molecular formula is C13H23NO. The van der Waals surface area contributed by atoms with Crippen molar-refractivity contribution in [3.05, 3.63) is 0 Å². The summed E-state index contributed by atoms with van der Waals surface area (Å²) in [5.74, 6) is 0.835. The first kappa shape index (κ1) is 10.1. The molecule has 0 aromatic rings. The van der Waals surface area contributed by atoms with Gasteiger partial charge >= 0.3 is 0 Å². The maximum absolute atomic E-state index is 6.22. The summed E-state index contributed by atoms with van der Waals surface area (Å²) in [5.41, 5.74) is 0.602. The Kier molecular flexibility index (Phi) is 2.33. The molecule has 0 aromatic heterocycles. The lowest BCUT2D eigenvalue weighted by Crippen LogP contribution is -2.62. The van der Waals surface area contributed by atoms with Crippen molar-refractivity contribution in [1.82, 2.24) is 5.32 Å². The molecule has 1 saturated heterocycles. The van der Waals surface area contributed by atoms with Crippen LogP contribution < -0.4 is 5.32 Å². The summed E-state index contributed by atoms with van der Waals surface area (Å²) < 4.78 is 6.22. The van der Waals surface area contributed by atoms with Gasteiger partial charge in [-0.25, -0.2) is 0 Å². The van der Waals surface area contributed by atoms with Crippen LogP contribution in [0.2, 0.25) is 0 Å². The Labute approximate surface area is 92.8 Å². The van der Waals surface area contributed by atoms with Crippen LogP contribution >= 0.6 is 0 Å². The van der Waals surface area contributed by atoms with E-state index in [0.29, 0.717) is 5.41 Å². The van der Waals surface area contributed by atoms with E-state index in [2.05, 4.69) is 12.2 Å². The van der Waals surface area contributed by atoms with Crippen molar-refractivity contribution >= 4 is 0 Å². The smallest absolute Gasteiger partial charge is 0.119 e. The zero-order valence-corrected chi connectivity index (χ0v) is 9.85. The summed E-state index contributed by atoms with van der Waals surface area (Å²) in [5, 5.41) is 3.74. The highest BCUT2D eigenvalue weighted by Gasteiger charge is 2.47. The molecule has 2 nitrogen and oxygen atoms in total. The predicted molar refractivity (Wildman–Crippen MR) is 60.6 cm³/mol. The molecule has 1 aliphatic heterocycles. The van der Waals surface area contributed by atoms with Crippen LogP contribution in [0.5, 0.6) is 0 Å². The normalized spacial score (nSPS) is 44.2. The average Bonchev–Trinajstić information content (AvgIpc) is 2.16. The number of rotatable bonds is 0. The van der Waals surface area contributed by atoms with E-state index in [9.17, 15) is 0 Å². The van der Waals surface area contributed by atoms with Crippen LogP contribution in [0.3, 0.4) is 0 Å². The first-order chi connectivity index (χ1) is 7.22. The van der Waals surface area contributed by atoms with Gasteiger partial charge in [-0.1, -0.05) is 19.8 Å². The molecule has 1 N–H and O–H groups in total. The highest BCUT2D eigenvalue weighted by Crippen LogP contribution is 2.46. The van der Waals surface area contributed by atoms with Crippen molar-refractivity contribution in [3.63, 3.8) is 0 Å². The van der Waals surface area contributed by atoms with Gasteiger partial charge in [0.25, 0.3) is 0 Å². The lowest BCUT2D eigenvalue weighted by molar-refractivity contribution is -0.184. The minimum absolute atomic E-state index is 0.0680. The molecule has 1 heterocycles. The molecular weight excluding hydrogens is 186 g/mol.